The molecule has 1 atom stereocenters. The molecule has 0 aliphatic rings. The molecule has 0 spiro atoms. The van der Waals surface area contributed by atoms with Crippen LogP contribution in [0.1, 0.15) is 24.4 Å². The van der Waals surface area contributed by atoms with Crippen LogP contribution in [-0.4, -0.2) is 34.5 Å². The quantitative estimate of drug-likeness (QED) is 0.692. The zero-order chi connectivity index (χ0) is 17.8. The number of carbonyl (C=O) groups is 1. The lowest BCUT2D eigenvalue weighted by Gasteiger charge is -2.23. The van der Waals surface area contributed by atoms with Crippen LogP contribution in [0, 0.1) is 0 Å². The van der Waals surface area contributed by atoms with E-state index >= 15 is 0 Å². The summed E-state index contributed by atoms with van der Waals surface area (Å²) < 4.78 is 7.60. The van der Waals surface area contributed by atoms with Crippen LogP contribution in [0.5, 0.6) is 0 Å². The van der Waals surface area contributed by atoms with Gasteiger partial charge in [0.15, 0.2) is 6.10 Å². The number of hydrogen-bond donors (Lipinski definition) is 0. The lowest BCUT2D eigenvalue weighted by Crippen LogP contribution is -2.33. The Morgan fingerprint density at radius 2 is 1.84 bits per heavy atom. The number of hydrogen-bond acceptors (Lipinski definition) is 3. The number of aromatic nitrogens is 2. The molecule has 2 aromatic carbocycles. The standard InChI is InChI=1S/C20H23N3O2/c1-4-23-17-13-9-8-12-16(17)21-18(23)14-22(2)20(24)19(25-3)15-10-6-5-7-11-15/h5-13,19H,4,14H2,1-3H3. The Kier molecular flexibility index (Phi) is 5.14. The molecule has 1 unspecified atom stereocenters. The first-order valence-corrected chi connectivity index (χ1v) is 8.42. The molecule has 0 fully saturated rings. The molecule has 0 saturated carbocycles. The molecule has 0 bridgehead atoms. The van der Waals surface area contributed by atoms with Crippen LogP contribution in [0.15, 0.2) is 54.6 Å². The average Bonchev–Trinajstić information content (AvgIpc) is 3.00. The highest BCUT2D eigenvalue weighted by atomic mass is 16.5. The maximum Gasteiger partial charge on any atom is 0.256 e. The molecule has 25 heavy (non-hydrogen) atoms. The largest absolute Gasteiger partial charge is 0.367 e. The Morgan fingerprint density at radius 3 is 2.52 bits per heavy atom. The highest BCUT2D eigenvalue weighted by Crippen LogP contribution is 2.21. The van der Waals surface area contributed by atoms with Gasteiger partial charge in [0.25, 0.3) is 5.91 Å². The maximum atomic E-state index is 12.9. The number of ether oxygens (including phenoxy) is 1. The van der Waals surface area contributed by atoms with E-state index in [0.717, 1.165) is 29.0 Å². The van der Waals surface area contributed by atoms with Crippen LogP contribution in [0.2, 0.25) is 0 Å². The summed E-state index contributed by atoms with van der Waals surface area (Å²) in [6.45, 7) is 3.33. The van der Waals surface area contributed by atoms with Crippen molar-refractivity contribution in [3.8, 4) is 0 Å². The lowest BCUT2D eigenvalue weighted by molar-refractivity contribution is -0.141. The number of aryl methyl sites for hydroxylation is 1. The monoisotopic (exact) mass is 337 g/mol. The minimum atomic E-state index is -0.606. The van der Waals surface area contributed by atoms with Gasteiger partial charge in [0.2, 0.25) is 0 Å². The third-order valence-corrected chi connectivity index (χ3v) is 4.37. The van der Waals surface area contributed by atoms with Crippen molar-refractivity contribution in [3.05, 3.63) is 66.0 Å². The molecular weight excluding hydrogens is 314 g/mol. The first kappa shape index (κ1) is 17.2. The van der Waals surface area contributed by atoms with Crippen LogP contribution in [-0.2, 0) is 22.6 Å². The van der Waals surface area contributed by atoms with Crippen molar-refractivity contribution in [3.63, 3.8) is 0 Å². The predicted octanol–water partition coefficient (Wildman–Crippen LogP) is 3.40. The van der Waals surface area contributed by atoms with Gasteiger partial charge in [0.05, 0.1) is 17.6 Å². The number of rotatable bonds is 6. The fourth-order valence-electron chi connectivity index (χ4n) is 3.10. The number of benzene rings is 2. The van der Waals surface area contributed by atoms with Crippen LogP contribution in [0.3, 0.4) is 0 Å². The molecule has 0 saturated heterocycles. The number of fused-ring (bicyclic) bond motifs is 1. The zero-order valence-electron chi connectivity index (χ0n) is 14.8. The fourth-order valence-corrected chi connectivity index (χ4v) is 3.10. The van der Waals surface area contributed by atoms with Gasteiger partial charge in [-0.1, -0.05) is 42.5 Å². The Hall–Kier alpha value is -2.66. The molecule has 0 aliphatic carbocycles. The summed E-state index contributed by atoms with van der Waals surface area (Å²) in [4.78, 5) is 19.2. The summed E-state index contributed by atoms with van der Waals surface area (Å²) >= 11 is 0. The predicted molar refractivity (Wildman–Crippen MR) is 98.1 cm³/mol. The first-order valence-electron chi connectivity index (χ1n) is 8.42. The van der Waals surface area contributed by atoms with E-state index in [-0.39, 0.29) is 5.91 Å². The smallest absolute Gasteiger partial charge is 0.256 e. The van der Waals surface area contributed by atoms with Gasteiger partial charge in [-0.25, -0.2) is 4.98 Å². The molecule has 1 heterocycles. The van der Waals surface area contributed by atoms with Gasteiger partial charge < -0.3 is 14.2 Å². The van der Waals surface area contributed by atoms with Crippen LogP contribution in [0.4, 0.5) is 0 Å². The number of carbonyl (C=O) groups excluding carboxylic acids is 1. The van der Waals surface area contributed by atoms with Crippen molar-refractivity contribution in [2.24, 2.45) is 0 Å². The van der Waals surface area contributed by atoms with E-state index in [2.05, 4.69) is 17.6 Å². The number of amides is 1. The van der Waals surface area contributed by atoms with Gasteiger partial charge in [-0.3, -0.25) is 4.79 Å². The molecule has 130 valence electrons. The Balaban J connectivity index is 1.84. The summed E-state index contributed by atoms with van der Waals surface area (Å²) in [5.74, 6) is 0.797. The number of methoxy groups -OCH3 is 1. The summed E-state index contributed by atoms with van der Waals surface area (Å²) in [7, 11) is 3.35. The molecule has 0 aliphatic heterocycles. The zero-order valence-corrected chi connectivity index (χ0v) is 14.8. The highest BCUT2D eigenvalue weighted by molar-refractivity contribution is 5.82. The Bertz CT molecular complexity index is 858. The highest BCUT2D eigenvalue weighted by Gasteiger charge is 2.24. The topological polar surface area (TPSA) is 47.4 Å². The van der Waals surface area contributed by atoms with Crippen molar-refractivity contribution in [2.45, 2.75) is 26.1 Å². The van der Waals surface area contributed by atoms with Gasteiger partial charge in [-0.05, 0) is 24.6 Å². The van der Waals surface area contributed by atoms with Gasteiger partial charge in [0.1, 0.15) is 5.82 Å². The molecule has 1 amide bonds. The van der Waals surface area contributed by atoms with Crippen molar-refractivity contribution in [2.75, 3.05) is 14.2 Å². The second-order valence-corrected chi connectivity index (χ2v) is 5.98. The SMILES string of the molecule is CCn1c(CN(C)C(=O)C(OC)c2ccccc2)nc2ccccc21. The number of para-hydroxylation sites is 2. The second kappa shape index (κ2) is 7.49. The van der Waals surface area contributed by atoms with E-state index in [1.807, 2.05) is 48.5 Å². The van der Waals surface area contributed by atoms with E-state index < -0.39 is 6.10 Å². The van der Waals surface area contributed by atoms with Crippen LogP contribution in [0.25, 0.3) is 11.0 Å². The molecule has 5 nitrogen and oxygen atoms in total. The minimum absolute atomic E-state index is 0.0802. The molecular formula is C20H23N3O2. The lowest BCUT2D eigenvalue weighted by atomic mass is 10.1. The average molecular weight is 337 g/mol. The second-order valence-electron chi connectivity index (χ2n) is 5.98. The normalized spacial score (nSPS) is 12.3. The summed E-state index contributed by atoms with van der Waals surface area (Å²) in [5, 5.41) is 0. The third kappa shape index (κ3) is 3.42. The molecule has 0 radical (unpaired) electrons. The minimum Gasteiger partial charge on any atom is -0.367 e. The van der Waals surface area contributed by atoms with Crippen molar-refractivity contribution >= 4 is 16.9 Å². The summed E-state index contributed by atoms with van der Waals surface area (Å²) in [6.07, 6.45) is -0.606. The van der Waals surface area contributed by atoms with Crippen molar-refractivity contribution in [1.82, 2.24) is 14.5 Å². The van der Waals surface area contributed by atoms with E-state index in [4.69, 9.17) is 9.72 Å². The van der Waals surface area contributed by atoms with Crippen LogP contribution < -0.4 is 0 Å². The number of nitrogens with zero attached hydrogens (tertiary/aromatic N) is 3. The summed E-state index contributed by atoms with van der Waals surface area (Å²) in [5.41, 5.74) is 2.89. The van der Waals surface area contributed by atoms with Crippen molar-refractivity contribution in [1.29, 1.82) is 0 Å². The first-order chi connectivity index (χ1) is 12.2. The molecule has 1 aromatic heterocycles. The molecule has 5 heteroatoms. The number of likely N-dealkylation sites (N-methyl/N-ethyl adjacent to an activating group) is 1. The van der Waals surface area contributed by atoms with E-state index in [1.165, 1.54) is 0 Å². The molecule has 0 N–H and O–H groups in total. The summed E-state index contributed by atoms with van der Waals surface area (Å²) in [6, 6.07) is 17.6. The van der Waals surface area contributed by atoms with Crippen LogP contribution >= 0.6 is 0 Å². The van der Waals surface area contributed by atoms with Gasteiger partial charge in [-0.15, -0.1) is 0 Å². The van der Waals surface area contributed by atoms with Gasteiger partial charge in [-0.2, -0.15) is 0 Å². The number of imidazole rings is 1. The maximum absolute atomic E-state index is 12.9. The fraction of sp³-hybridized carbons (Fsp3) is 0.300. The third-order valence-electron chi connectivity index (χ3n) is 4.37. The Morgan fingerprint density at radius 1 is 1.16 bits per heavy atom. The van der Waals surface area contributed by atoms with E-state index in [9.17, 15) is 4.79 Å². The van der Waals surface area contributed by atoms with Gasteiger partial charge >= 0.3 is 0 Å². The van der Waals surface area contributed by atoms with Gasteiger partial charge in [0, 0.05) is 20.7 Å². The van der Waals surface area contributed by atoms with E-state index in [1.54, 1.807) is 19.1 Å². The molecule has 3 rings (SSSR count). The van der Waals surface area contributed by atoms with E-state index in [0.29, 0.717) is 6.54 Å². The molecule has 3 aromatic rings. The Labute approximate surface area is 147 Å². The van der Waals surface area contributed by atoms with Crippen molar-refractivity contribution < 1.29 is 9.53 Å².